The second kappa shape index (κ2) is 4.96. The summed E-state index contributed by atoms with van der Waals surface area (Å²) in [5.41, 5.74) is 1.12. The van der Waals surface area contributed by atoms with Crippen LogP contribution in [0.2, 0.25) is 0 Å². The van der Waals surface area contributed by atoms with E-state index < -0.39 is 0 Å². The van der Waals surface area contributed by atoms with Crippen LogP contribution in [0.5, 0.6) is 0 Å². The molecule has 2 heterocycles. The predicted octanol–water partition coefficient (Wildman–Crippen LogP) is 2.73. The number of fused-ring (bicyclic) bond motifs is 1. The predicted molar refractivity (Wildman–Crippen MR) is 75.3 cm³/mol. The molecule has 0 radical (unpaired) electrons. The molecular weight excluding hydrogens is 244 g/mol. The number of rotatable bonds is 2. The van der Waals surface area contributed by atoms with Gasteiger partial charge in [0.25, 0.3) is 0 Å². The van der Waals surface area contributed by atoms with Gasteiger partial charge in [-0.15, -0.1) is 11.3 Å². The van der Waals surface area contributed by atoms with E-state index in [2.05, 4.69) is 30.1 Å². The maximum atomic E-state index is 5.65. The van der Waals surface area contributed by atoms with Crippen LogP contribution in [-0.2, 0) is 4.74 Å². The summed E-state index contributed by atoms with van der Waals surface area (Å²) in [7, 11) is 3.96. The summed E-state index contributed by atoms with van der Waals surface area (Å²) in [5, 5.41) is 1.23. The zero-order valence-electron chi connectivity index (χ0n) is 10.8. The summed E-state index contributed by atoms with van der Waals surface area (Å²) < 4.78 is 6.93. The van der Waals surface area contributed by atoms with Crippen LogP contribution in [0.4, 0.5) is 0 Å². The molecule has 18 heavy (non-hydrogen) atoms. The summed E-state index contributed by atoms with van der Waals surface area (Å²) in [4.78, 5) is 7.11. The number of thiazole rings is 1. The molecule has 1 aliphatic heterocycles. The number of piperidine rings is 1. The fourth-order valence-corrected chi connectivity index (χ4v) is 3.80. The van der Waals surface area contributed by atoms with Crippen molar-refractivity contribution in [2.45, 2.75) is 18.4 Å². The Bertz CT molecular complexity index is 506. The fourth-order valence-electron chi connectivity index (χ4n) is 2.64. The number of nitrogens with zero attached hydrogens (tertiary/aromatic N) is 2. The number of methoxy groups -OCH3 is 1. The lowest BCUT2D eigenvalue weighted by Crippen LogP contribution is -2.41. The van der Waals surface area contributed by atoms with Crippen LogP contribution in [0.15, 0.2) is 24.3 Å². The minimum atomic E-state index is 0.268. The molecule has 0 N–H and O–H groups in total. The maximum absolute atomic E-state index is 5.65. The van der Waals surface area contributed by atoms with Crippen molar-refractivity contribution in [2.24, 2.45) is 0 Å². The minimum absolute atomic E-state index is 0.268. The molecule has 1 fully saturated rings. The number of ether oxygens (including phenoxy) is 1. The average Bonchev–Trinajstić information content (AvgIpc) is 2.82. The lowest BCUT2D eigenvalue weighted by molar-refractivity contribution is 0.0233. The highest BCUT2D eigenvalue weighted by molar-refractivity contribution is 7.18. The van der Waals surface area contributed by atoms with Crippen molar-refractivity contribution in [3.8, 4) is 0 Å². The van der Waals surface area contributed by atoms with Gasteiger partial charge in [0, 0.05) is 19.6 Å². The van der Waals surface area contributed by atoms with Crippen LogP contribution in [0.1, 0.15) is 17.3 Å². The number of hydrogen-bond donors (Lipinski definition) is 0. The number of benzene rings is 1. The van der Waals surface area contributed by atoms with Crippen LogP contribution in [0.3, 0.4) is 0 Å². The maximum Gasteiger partial charge on any atom is 0.0996 e. The van der Waals surface area contributed by atoms with Crippen molar-refractivity contribution < 1.29 is 4.74 Å². The first-order chi connectivity index (χ1) is 8.78. The SMILES string of the molecule is COC1CN(C)CC[C@@H]1c1nc2ccccc2s1. The van der Waals surface area contributed by atoms with Crippen LogP contribution >= 0.6 is 11.3 Å². The molecule has 0 aliphatic carbocycles. The van der Waals surface area contributed by atoms with E-state index in [-0.39, 0.29) is 6.10 Å². The first kappa shape index (κ1) is 12.1. The molecule has 96 valence electrons. The lowest BCUT2D eigenvalue weighted by atomic mass is 9.94. The van der Waals surface area contributed by atoms with Gasteiger partial charge in [-0.1, -0.05) is 12.1 Å². The third kappa shape index (κ3) is 2.16. The van der Waals surface area contributed by atoms with Crippen LogP contribution in [0, 0.1) is 0 Å². The van der Waals surface area contributed by atoms with E-state index in [1.165, 1.54) is 9.71 Å². The summed E-state index contributed by atoms with van der Waals surface area (Å²) in [6, 6.07) is 8.36. The van der Waals surface area contributed by atoms with Crippen molar-refractivity contribution in [1.82, 2.24) is 9.88 Å². The van der Waals surface area contributed by atoms with E-state index in [4.69, 9.17) is 9.72 Å². The number of hydrogen-bond acceptors (Lipinski definition) is 4. The van der Waals surface area contributed by atoms with E-state index in [9.17, 15) is 0 Å². The van der Waals surface area contributed by atoms with Gasteiger partial charge in [-0.2, -0.15) is 0 Å². The van der Waals surface area contributed by atoms with Crippen molar-refractivity contribution in [1.29, 1.82) is 0 Å². The second-order valence-electron chi connectivity index (χ2n) is 4.95. The second-order valence-corrected chi connectivity index (χ2v) is 6.01. The third-order valence-electron chi connectivity index (χ3n) is 3.69. The van der Waals surface area contributed by atoms with Crippen molar-refractivity contribution in [3.63, 3.8) is 0 Å². The topological polar surface area (TPSA) is 25.4 Å². The minimum Gasteiger partial charge on any atom is -0.379 e. The Hall–Kier alpha value is -0.970. The highest BCUT2D eigenvalue weighted by atomic mass is 32.1. The molecule has 1 aromatic carbocycles. The van der Waals surface area contributed by atoms with Crippen LogP contribution in [0.25, 0.3) is 10.2 Å². The van der Waals surface area contributed by atoms with Crippen LogP contribution < -0.4 is 0 Å². The highest BCUT2D eigenvalue weighted by Crippen LogP contribution is 2.34. The number of aromatic nitrogens is 1. The molecule has 0 amide bonds. The first-order valence-corrected chi connectivity index (χ1v) is 7.16. The van der Waals surface area contributed by atoms with Crippen molar-refractivity contribution >= 4 is 21.6 Å². The fraction of sp³-hybridized carbons (Fsp3) is 0.500. The average molecular weight is 262 g/mol. The first-order valence-electron chi connectivity index (χ1n) is 6.34. The Morgan fingerprint density at radius 1 is 1.39 bits per heavy atom. The van der Waals surface area contributed by atoms with Gasteiger partial charge in [-0.3, -0.25) is 0 Å². The van der Waals surface area contributed by atoms with Gasteiger partial charge in [0.1, 0.15) is 0 Å². The van der Waals surface area contributed by atoms with Gasteiger partial charge in [-0.05, 0) is 32.1 Å². The molecule has 2 aromatic rings. The molecule has 1 aliphatic rings. The summed E-state index contributed by atoms with van der Waals surface area (Å²) in [6.07, 6.45) is 1.40. The van der Waals surface area contributed by atoms with Gasteiger partial charge in [0.15, 0.2) is 0 Å². The standard InChI is InChI=1S/C14H18N2OS/c1-16-8-7-10(12(9-16)17-2)14-15-11-5-3-4-6-13(11)18-14/h3-6,10,12H,7-9H2,1-2H3/t10-,12?/m0/s1. The smallest absolute Gasteiger partial charge is 0.0996 e. The number of likely N-dealkylation sites (tertiary alicyclic amines) is 1. The zero-order chi connectivity index (χ0) is 12.5. The van der Waals surface area contributed by atoms with E-state index in [1.54, 1.807) is 0 Å². The molecular formula is C14H18N2OS. The van der Waals surface area contributed by atoms with E-state index in [0.717, 1.165) is 25.0 Å². The third-order valence-corrected chi connectivity index (χ3v) is 4.86. The van der Waals surface area contributed by atoms with Crippen molar-refractivity contribution in [2.75, 3.05) is 27.2 Å². The molecule has 3 nitrogen and oxygen atoms in total. The molecule has 1 unspecified atom stereocenters. The number of likely N-dealkylation sites (N-methyl/N-ethyl adjacent to an activating group) is 1. The highest BCUT2D eigenvalue weighted by Gasteiger charge is 2.31. The Balaban J connectivity index is 1.92. The van der Waals surface area contributed by atoms with Gasteiger partial charge in [0.05, 0.1) is 21.3 Å². The monoisotopic (exact) mass is 262 g/mol. The molecule has 0 bridgehead atoms. The molecule has 0 saturated carbocycles. The van der Waals surface area contributed by atoms with Gasteiger partial charge >= 0.3 is 0 Å². The van der Waals surface area contributed by atoms with Gasteiger partial charge < -0.3 is 9.64 Å². The largest absolute Gasteiger partial charge is 0.379 e. The van der Waals surface area contributed by atoms with E-state index in [1.807, 2.05) is 24.5 Å². The molecule has 1 saturated heterocycles. The van der Waals surface area contributed by atoms with Gasteiger partial charge in [-0.25, -0.2) is 4.98 Å². The lowest BCUT2D eigenvalue weighted by Gasteiger charge is -2.34. The Kier molecular flexibility index (Phi) is 3.33. The summed E-state index contributed by atoms with van der Waals surface area (Å²) in [5.74, 6) is 0.448. The molecule has 4 heteroatoms. The molecule has 1 aromatic heterocycles. The quantitative estimate of drug-likeness (QED) is 0.832. The zero-order valence-corrected chi connectivity index (χ0v) is 11.6. The van der Waals surface area contributed by atoms with E-state index in [0.29, 0.717) is 5.92 Å². The molecule has 0 spiro atoms. The normalized spacial score (nSPS) is 25.7. The summed E-state index contributed by atoms with van der Waals surface area (Å²) >= 11 is 1.81. The summed E-state index contributed by atoms with van der Waals surface area (Å²) in [6.45, 7) is 2.12. The number of para-hydroxylation sites is 1. The Labute approximate surface area is 111 Å². The van der Waals surface area contributed by atoms with Gasteiger partial charge in [0.2, 0.25) is 0 Å². The Morgan fingerprint density at radius 3 is 3.00 bits per heavy atom. The Morgan fingerprint density at radius 2 is 2.22 bits per heavy atom. The molecule has 3 rings (SSSR count). The van der Waals surface area contributed by atoms with Crippen molar-refractivity contribution in [3.05, 3.63) is 29.3 Å². The van der Waals surface area contributed by atoms with Crippen LogP contribution in [-0.4, -0.2) is 43.2 Å². The van der Waals surface area contributed by atoms with E-state index >= 15 is 0 Å². The molecule has 2 atom stereocenters.